The van der Waals surface area contributed by atoms with Gasteiger partial charge in [-0.2, -0.15) is 0 Å². The standard InChI is InChI=1S/C27H27N3O2/c1-26(2,3)16-27(4,5)17-14-19-24(31)18-10-6-9-13-23(18)32-25(19)22(15-17)30-28-20-11-7-8-12-21(20)29-30/h6-15H,16H2,1-5H3. The van der Waals surface area contributed by atoms with Gasteiger partial charge in [-0.15, -0.1) is 15.0 Å². The van der Waals surface area contributed by atoms with Crippen molar-refractivity contribution in [2.24, 2.45) is 5.41 Å². The van der Waals surface area contributed by atoms with E-state index in [1.54, 1.807) is 4.80 Å². The lowest BCUT2D eigenvalue weighted by Gasteiger charge is -2.33. The molecule has 5 aromatic rings. The number of benzene rings is 3. The molecule has 0 fully saturated rings. The fraction of sp³-hybridized carbons (Fsp3) is 0.296. The number of aromatic nitrogens is 3. The minimum Gasteiger partial charge on any atom is -0.453 e. The number of rotatable bonds is 3. The van der Waals surface area contributed by atoms with Crippen molar-refractivity contribution in [1.82, 2.24) is 15.0 Å². The van der Waals surface area contributed by atoms with Crippen molar-refractivity contribution in [1.29, 1.82) is 0 Å². The van der Waals surface area contributed by atoms with E-state index in [2.05, 4.69) is 50.9 Å². The van der Waals surface area contributed by atoms with E-state index in [9.17, 15) is 4.79 Å². The van der Waals surface area contributed by atoms with Crippen molar-refractivity contribution in [2.75, 3.05) is 0 Å². The first-order chi connectivity index (χ1) is 15.1. The molecule has 0 radical (unpaired) electrons. The molecule has 0 spiro atoms. The summed E-state index contributed by atoms with van der Waals surface area (Å²) in [6.45, 7) is 11.2. The maximum atomic E-state index is 13.5. The Bertz CT molecular complexity index is 1500. The summed E-state index contributed by atoms with van der Waals surface area (Å²) in [4.78, 5) is 15.1. The van der Waals surface area contributed by atoms with Crippen LogP contribution >= 0.6 is 0 Å². The monoisotopic (exact) mass is 425 g/mol. The van der Waals surface area contributed by atoms with Crippen LogP contribution in [0.1, 0.15) is 46.6 Å². The third-order valence-electron chi connectivity index (χ3n) is 5.91. The predicted octanol–water partition coefficient (Wildman–Crippen LogP) is 6.39. The fourth-order valence-electron chi connectivity index (χ4n) is 4.82. The maximum absolute atomic E-state index is 13.5. The maximum Gasteiger partial charge on any atom is 0.200 e. The Morgan fingerprint density at radius 2 is 1.47 bits per heavy atom. The first-order valence-electron chi connectivity index (χ1n) is 10.9. The molecule has 0 unspecified atom stereocenters. The van der Waals surface area contributed by atoms with Crippen LogP contribution < -0.4 is 5.43 Å². The van der Waals surface area contributed by atoms with E-state index in [1.807, 2.05) is 54.6 Å². The molecule has 3 aromatic carbocycles. The topological polar surface area (TPSA) is 60.9 Å². The van der Waals surface area contributed by atoms with E-state index >= 15 is 0 Å². The van der Waals surface area contributed by atoms with Crippen LogP contribution in [-0.4, -0.2) is 15.0 Å². The van der Waals surface area contributed by atoms with Crippen molar-refractivity contribution in [3.05, 3.63) is 76.5 Å². The average Bonchev–Trinajstić information content (AvgIpc) is 3.16. The Labute approximate surface area is 186 Å². The molecule has 32 heavy (non-hydrogen) atoms. The van der Waals surface area contributed by atoms with E-state index in [-0.39, 0.29) is 16.3 Å². The predicted molar refractivity (Wildman–Crippen MR) is 130 cm³/mol. The van der Waals surface area contributed by atoms with Gasteiger partial charge in [0.05, 0.1) is 10.8 Å². The number of hydrogen-bond donors (Lipinski definition) is 0. The highest BCUT2D eigenvalue weighted by Crippen LogP contribution is 2.38. The Morgan fingerprint density at radius 3 is 2.12 bits per heavy atom. The van der Waals surface area contributed by atoms with Crippen LogP contribution in [0.15, 0.2) is 69.9 Å². The average molecular weight is 426 g/mol. The summed E-state index contributed by atoms with van der Waals surface area (Å²) in [6.07, 6.45) is 0.957. The first-order valence-corrected chi connectivity index (χ1v) is 10.9. The summed E-state index contributed by atoms with van der Waals surface area (Å²) < 4.78 is 6.28. The molecule has 0 aliphatic rings. The molecule has 5 heteroatoms. The second-order valence-electron chi connectivity index (χ2n) is 10.4. The van der Waals surface area contributed by atoms with Crippen LogP contribution in [0.4, 0.5) is 0 Å². The molecule has 0 aliphatic carbocycles. The second kappa shape index (κ2) is 7.02. The third-order valence-corrected chi connectivity index (χ3v) is 5.91. The lowest BCUT2D eigenvalue weighted by atomic mass is 9.72. The van der Waals surface area contributed by atoms with Gasteiger partial charge in [-0.25, -0.2) is 0 Å². The molecule has 162 valence electrons. The molecule has 5 rings (SSSR count). The SMILES string of the molecule is CC(C)(C)CC(C)(C)c1cc(-n2nc3ccccc3n2)c2oc3ccccc3c(=O)c2c1. The van der Waals surface area contributed by atoms with Gasteiger partial charge in [0.25, 0.3) is 0 Å². The lowest BCUT2D eigenvalue weighted by Crippen LogP contribution is -2.25. The molecule has 2 aromatic heterocycles. The molecule has 0 saturated heterocycles. The second-order valence-corrected chi connectivity index (χ2v) is 10.4. The minimum absolute atomic E-state index is 0.0341. The van der Waals surface area contributed by atoms with Crippen LogP contribution in [0.3, 0.4) is 0 Å². The van der Waals surface area contributed by atoms with Crippen LogP contribution in [0.2, 0.25) is 0 Å². The molecule has 5 nitrogen and oxygen atoms in total. The normalized spacial score (nSPS) is 12.8. The van der Waals surface area contributed by atoms with E-state index in [0.717, 1.165) is 23.0 Å². The Kier molecular flexibility index (Phi) is 4.48. The molecule has 0 atom stereocenters. The van der Waals surface area contributed by atoms with E-state index in [0.29, 0.717) is 27.6 Å². The molecule has 0 amide bonds. The van der Waals surface area contributed by atoms with Crippen molar-refractivity contribution in [2.45, 2.75) is 46.5 Å². The highest BCUT2D eigenvalue weighted by Gasteiger charge is 2.29. The zero-order valence-electron chi connectivity index (χ0n) is 19.1. The van der Waals surface area contributed by atoms with Crippen molar-refractivity contribution >= 4 is 33.0 Å². The summed E-state index contributed by atoms with van der Waals surface area (Å²) in [5.41, 5.74) is 4.34. The van der Waals surface area contributed by atoms with Crippen molar-refractivity contribution in [3.8, 4) is 5.69 Å². The Morgan fingerprint density at radius 1 is 0.844 bits per heavy atom. The van der Waals surface area contributed by atoms with Crippen molar-refractivity contribution < 1.29 is 4.42 Å². The van der Waals surface area contributed by atoms with Crippen molar-refractivity contribution in [3.63, 3.8) is 0 Å². The quantitative estimate of drug-likeness (QED) is 0.314. The van der Waals surface area contributed by atoms with Gasteiger partial charge in [0.2, 0.25) is 5.43 Å². The zero-order valence-corrected chi connectivity index (χ0v) is 19.1. The first kappa shape index (κ1) is 20.4. The molecule has 0 aliphatic heterocycles. The van der Waals surface area contributed by atoms with Crippen LogP contribution in [0.25, 0.3) is 38.7 Å². The van der Waals surface area contributed by atoms with Gasteiger partial charge in [-0.3, -0.25) is 4.79 Å². The summed E-state index contributed by atoms with van der Waals surface area (Å²) in [7, 11) is 0. The van der Waals surface area contributed by atoms with Gasteiger partial charge in [0.15, 0.2) is 5.58 Å². The highest BCUT2D eigenvalue weighted by molar-refractivity contribution is 5.94. The van der Waals surface area contributed by atoms with Crippen LogP contribution in [0, 0.1) is 5.41 Å². The third kappa shape index (κ3) is 3.48. The summed E-state index contributed by atoms with van der Waals surface area (Å²) in [5.74, 6) is 0. The van der Waals surface area contributed by atoms with E-state index in [1.165, 1.54) is 0 Å². The lowest BCUT2D eigenvalue weighted by molar-refractivity contribution is 0.284. The number of fused-ring (bicyclic) bond motifs is 3. The smallest absolute Gasteiger partial charge is 0.200 e. The number of hydrogen-bond acceptors (Lipinski definition) is 4. The fourth-order valence-corrected chi connectivity index (χ4v) is 4.82. The minimum atomic E-state index is -0.161. The van der Waals surface area contributed by atoms with Crippen LogP contribution in [-0.2, 0) is 5.41 Å². The molecule has 0 bridgehead atoms. The Balaban J connectivity index is 1.86. The summed E-state index contributed by atoms with van der Waals surface area (Å²) in [5, 5.41) is 10.5. The van der Waals surface area contributed by atoms with Gasteiger partial charge in [-0.1, -0.05) is 58.9 Å². The molecular weight excluding hydrogens is 398 g/mol. The van der Waals surface area contributed by atoms with Gasteiger partial charge in [0.1, 0.15) is 22.3 Å². The largest absolute Gasteiger partial charge is 0.453 e. The zero-order chi connectivity index (χ0) is 22.7. The molecule has 2 heterocycles. The van der Waals surface area contributed by atoms with Gasteiger partial charge >= 0.3 is 0 Å². The van der Waals surface area contributed by atoms with E-state index < -0.39 is 0 Å². The number of para-hydroxylation sites is 1. The van der Waals surface area contributed by atoms with Gasteiger partial charge < -0.3 is 4.42 Å². The molecule has 0 saturated carbocycles. The highest BCUT2D eigenvalue weighted by atomic mass is 16.3. The Hall–Kier alpha value is -3.47. The summed E-state index contributed by atoms with van der Waals surface area (Å²) in [6, 6.07) is 19.2. The van der Waals surface area contributed by atoms with E-state index in [4.69, 9.17) is 4.42 Å². The molecular formula is C27H27N3O2. The molecule has 0 N–H and O–H groups in total. The van der Waals surface area contributed by atoms with Crippen LogP contribution in [0.5, 0.6) is 0 Å². The van der Waals surface area contributed by atoms with Gasteiger partial charge in [-0.05, 0) is 59.2 Å². The summed E-state index contributed by atoms with van der Waals surface area (Å²) >= 11 is 0. The van der Waals surface area contributed by atoms with Gasteiger partial charge in [0, 0.05) is 0 Å². The number of nitrogens with zero attached hydrogens (tertiary/aromatic N) is 3.